The molecule has 0 bridgehead atoms. The van der Waals surface area contributed by atoms with Gasteiger partial charge >= 0.3 is 0 Å². The molecule has 0 atom stereocenters. The first-order valence-corrected chi connectivity index (χ1v) is 7.15. The van der Waals surface area contributed by atoms with Crippen molar-refractivity contribution in [3.63, 3.8) is 0 Å². The SMILES string of the molecule is CCC(CC)(CN)C(=O)Nc1cc(Cl)c([N+](=O)[O-])cc1C. The number of anilines is 1. The molecule has 0 aromatic heterocycles. The summed E-state index contributed by atoms with van der Waals surface area (Å²) in [6.45, 7) is 5.74. The number of carbonyl (C=O) groups excluding carboxylic acids is 1. The Morgan fingerprint density at radius 2 is 2.00 bits per heavy atom. The number of nitrogens with two attached hydrogens (primary N) is 1. The van der Waals surface area contributed by atoms with Gasteiger partial charge in [-0.25, -0.2) is 0 Å². The topological polar surface area (TPSA) is 98.3 Å². The van der Waals surface area contributed by atoms with Crippen molar-refractivity contribution in [2.24, 2.45) is 11.1 Å². The van der Waals surface area contributed by atoms with E-state index in [1.807, 2.05) is 13.8 Å². The van der Waals surface area contributed by atoms with Gasteiger partial charge in [-0.15, -0.1) is 0 Å². The van der Waals surface area contributed by atoms with Crippen molar-refractivity contribution in [2.75, 3.05) is 11.9 Å². The van der Waals surface area contributed by atoms with E-state index in [9.17, 15) is 14.9 Å². The molecule has 0 heterocycles. The number of hydrogen-bond donors (Lipinski definition) is 2. The van der Waals surface area contributed by atoms with Crippen LogP contribution < -0.4 is 11.1 Å². The maximum Gasteiger partial charge on any atom is 0.288 e. The predicted octanol–water partition coefficient (Wildman–Crippen LogP) is 3.26. The third-order valence-electron chi connectivity index (χ3n) is 3.96. The zero-order chi connectivity index (χ0) is 16.2. The number of nitrogens with zero attached hydrogens (tertiary/aromatic N) is 1. The van der Waals surface area contributed by atoms with Crippen LogP contribution in [-0.2, 0) is 4.79 Å². The Bertz CT molecular complexity index is 548. The second-order valence-electron chi connectivity index (χ2n) is 5.02. The van der Waals surface area contributed by atoms with Crippen molar-refractivity contribution in [1.29, 1.82) is 0 Å². The maximum absolute atomic E-state index is 12.4. The first-order chi connectivity index (χ1) is 9.81. The molecule has 21 heavy (non-hydrogen) atoms. The van der Waals surface area contributed by atoms with Crippen LogP contribution in [0.3, 0.4) is 0 Å². The predicted molar refractivity (Wildman–Crippen MR) is 83.5 cm³/mol. The van der Waals surface area contributed by atoms with Crippen molar-refractivity contribution < 1.29 is 9.72 Å². The first-order valence-electron chi connectivity index (χ1n) is 6.77. The van der Waals surface area contributed by atoms with Gasteiger partial charge < -0.3 is 11.1 Å². The molecule has 116 valence electrons. The molecular weight excluding hydrogens is 294 g/mol. The number of carbonyl (C=O) groups is 1. The summed E-state index contributed by atoms with van der Waals surface area (Å²) in [6, 6.07) is 2.75. The molecule has 6 nitrogen and oxygen atoms in total. The van der Waals surface area contributed by atoms with Crippen LogP contribution in [0.5, 0.6) is 0 Å². The first kappa shape index (κ1) is 17.4. The molecule has 1 amide bonds. The molecule has 0 aliphatic carbocycles. The number of hydrogen-bond acceptors (Lipinski definition) is 4. The summed E-state index contributed by atoms with van der Waals surface area (Å²) in [7, 11) is 0. The minimum absolute atomic E-state index is 0.00718. The van der Waals surface area contributed by atoms with E-state index in [0.717, 1.165) is 0 Å². The molecule has 0 aliphatic rings. The van der Waals surface area contributed by atoms with Crippen LogP contribution in [0, 0.1) is 22.5 Å². The van der Waals surface area contributed by atoms with Gasteiger partial charge in [-0.3, -0.25) is 14.9 Å². The van der Waals surface area contributed by atoms with Gasteiger partial charge in [0, 0.05) is 18.3 Å². The van der Waals surface area contributed by atoms with Gasteiger partial charge in [0.1, 0.15) is 5.02 Å². The van der Waals surface area contributed by atoms with Crippen LogP contribution in [-0.4, -0.2) is 17.4 Å². The third-order valence-corrected chi connectivity index (χ3v) is 4.27. The monoisotopic (exact) mass is 313 g/mol. The molecule has 3 N–H and O–H groups in total. The number of nitro groups is 1. The summed E-state index contributed by atoms with van der Waals surface area (Å²) in [5.41, 5.74) is 5.97. The molecule has 1 rings (SSSR count). The molecule has 0 unspecified atom stereocenters. The van der Waals surface area contributed by atoms with Crippen LogP contribution >= 0.6 is 11.6 Å². The lowest BCUT2D eigenvalue weighted by molar-refractivity contribution is -0.384. The molecule has 0 radical (unpaired) electrons. The Morgan fingerprint density at radius 1 is 1.43 bits per heavy atom. The minimum atomic E-state index is -0.638. The van der Waals surface area contributed by atoms with Gasteiger partial charge in [-0.2, -0.15) is 0 Å². The third kappa shape index (κ3) is 3.51. The zero-order valence-electron chi connectivity index (χ0n) is 12.4. The van der Waals surface area contributed by atoms with Crippen molar-refractivity contribution in [2.45, 2.75) is 33.6 Å². The normalized spacial score (nSPS) is 11.3. The van der Waals surface area contributed by atoms with Gasteiger partial charge in [0.05, 0.1) is 10.3 Å². The van der Waals surface area contributed by atoms with Crippen molar-refractivity contribution in [3.05, 3.63) is 32.8 Å². The fourth-order valence-corrected chi connectivity index (χ4v) is 2.38. The Hall–Kier alpha value is -1.66. The van der Waals surface area contributed by atoms with E-state index in [-0.39, 0.29) is 23.2 Å². The van der Waals surface area contributed by atoms with Gasteiger partial charge in [0.2, 0.25) is 5.91 Å². The molecular formula is C14H20ClN3O3. The largest absolute Gasteiger partial charge is 0.329 e. The van der Waals surface area contributed by atoms with E-state index in [4.69, 9.17) is 17.3 Å². The molecule has 1 aromatic carbocycles. The van der Waals surface area contributed by atoms with E-state index in [1.165, 1.54) is 12.1 Å². The van der Waals surface area contributed by atoms with Crippen molar-refractivity contribution in [1.82, 2.24) is 0 Å². The van der Waals surface area contributed by atoms with Gasteiger partial charge in [0.15, 0.2) is 0 Å². The Labute approximate surface area is 128 Å². The molecule has 0 spiro atoms. The van der Waals surface area contributed by atoms with Gasteiger partial charge in [-0.05, 0) is 31.4 Å². The fraction of sp³-hybridized carbons (Fsp3) is 0.500. The van der Waals surface area contributed by atoms with E-state index in [1.54, 1.807) is 6.92 Å². The summed E-state index contributed by atoms with van der Waals surface area (Å²) >= 11 is 5.88. The molecule has 0 saturated carbocycles. The fourth-order valence-electron chi connectivity index (χ4n) is 2.15. The highest BCUT2D eigenvalue weighted by molar-refractivity contribution is 6.33. The quantitative estimate of drug-likeness (QED) is 0.622. The summed E-state index contributed by atoms with van der Waals surface area (Å²) in [6.07, 6.45) is 1.23. The standard InChI is InChI=1S/C14H20ClN3O3/c1-4-14(5-2,8-16)13(19)17-11-7-10(15)12(18(20)21)6-9(11)3/h6-7H,4-5,8,16H2,1-3H3,(H,17,19). The Balaban J connectivity index is 3.11. The van der Waals surface area contributed by atoms with Crippen LogP contribution in [0.25, 0.3) is 0 Å². The minimum Gasteiger partial charge on any atom is -0.329 e. The Kier molecular flexibility index (Phi) is 5.69. The number of rotatable bonds is 6. The number of halogens is 1. The van der Waals surface area contributed by atoms with Crippen LogP contribution in [0.4, 0.5) is 11.4 Å². The van der Waals surface area contributed by atoms with Gasteiger partial charge in [0.25, 0.3) is 5.69 Å². The van der Waals surface area contributed by atoms with Crippen molar-refractivity contribution >= 4 is 28.9 Å². The van der Waals surface area contributed by atoms with E-state index in [2.05, 4.69) is 5.32 Å². The average molecular weight is 314 g/mol. The Morgan fingerprint density at radius 3 is 2.43 bits per heavy atom. The molecule has 7 heteroatoms. The van der Waals surface area contributed by atoms with Gasteiger partial charge in [-0.1, -0.05) is 25.4 Å². The highest BCUT2D eigenvalue weighted by Gasteiger charge is 2.33. The van der Waals surface area contributed by atoms with E-state index < -0.39 is 10.3 Å². The highest BCUT2D eigenvalue weighted by Crippen LogP contribution is 2.32. The van der Waals surface area contributed by atoms with Crippen molar-refractivity contribution in [3.8, 4) is 0 Å². The lowest BCUT2D eigenvalue weighted by Gasteiger charge is -2.28. The maximum atomic E-state index is 12.4. The summed E-state index contributed by atoms with van der Waals surface area (Å²) in [5.74, 6) is -0.192. The number of aryl methyl sites for hydroxylation is 1. The number of nitrogens with one attached hydrogen (secondary N) is 1. The number of nitro benzene ring substituents is 1. The van der Waals surface area contributed by atoms with Crippen LogP contribution in [0.15, 0.2) is 12.1 Å². The summed E-state index contributed by atoms with van der Waals surface area (Å²) < 4.78 is 0. The molecule has 1 aromatic rings. The van der Waals surface area contributed by atoms with Crippen LogP contribution in [0.2, 0.25) is 5.02 Å². The summed E-state index contributed by atoms with van der Waals surface area (Å²) in [5, 5.41) is 13.6. The molecule has 0 saturated heterocycles. The molecule has 0 aliphatic heterocycles. The summed E-state index contributed by atoms with van der Waals surface area (Å²) in [4.78, 5) is 22.7. The zero-order valence-corrected chi connectivity index (χ0v) is 13.2. The van der Waals surface area contributed by atoms with Crippen LogP contribution in [0.1, 0.15) is 32.3 Å². The van der Waals surface area contributed by atoms with E-state index in [0.29, 0.717) is 24.1 Å². The second-order valence-corrected chi connectivity index (χ2v) is 5.43. The smallest absolute Gasteiger partial charge is 0.288 e. The lowest BCUT2D eigenvalue weighted by Crippen LogP contribution is -2.41. The highest BCUT2D eigenvalue weighted by atomic mass is 35.5. The average Bonchev–Trinajstić information content (AvgIpc) is 2.44. The van der Waals surface area contributed by atoms with E-state index >= 15 is 0 Å². The second kappa shape index (κ2) is 6.87. The number of benzene rings is 1. The molecule has 0 fully saturated rings. The number of amides is 1. The lowest BCUT2D eigenvalue weighted by atomic mass is 9.81.